The van der Waals surface area contributed by atoms with E-state index in [1.165, 1.54) is 24.8 Å². The topological polar surface area (TPSA) is 21.3 Å². The first kappa shape index (κ1) is 15.4. The summed E-state index contributed by atoms with van der Waals surface area (Å²) in [6.07, 6.45) is 5.18. The van der Waals surface area contributed by atoms with E-state index in [0.717, 1.165) is 24.6 Å². The molecule has 0 bridgehead atoms. The third-order valence-electron chi connectivity index (χ3n) is 4.88. The summed E-state index contributed by atoms with van der Waals surface area (Å²) < 4.78 is 5.34. The molecule has 0 amide bonds. The predicted molar refractivity (Wildman–Crippen MR) is 85.3 cm³/mol. The van der Waals surface area contributed by atoms with Crippen LogP contribution in [0.15, 0.2) is 24.3 Å². The Morgan fingerprint density at radius 2 is 2.20 bits per heavy atom. The van der Waals surface area contributed by atoms with E-state index < -0.39 is 0 Å². The lowest BCUT2D eigenvalue weighted by molar-refractivity contribution is 0.197. The first-order valence-corrected chi connectivity index (χ1v) is 7.93. The van der Waals surface area contributed by atoms with Crippen LogP contribution in [0.2, 0.25) is 0 Å². The normalized spacial score (nSPS) is 22.7. The third-order valence-corrected chi connectivity index (χ3v) is 4.88. The summed E-state index contributed by atoms with van der Waals surface area (Å²) in [5.41, 5.74) is 1.84. The molecule has 2 unspecified atom stereocenters. The van der Waals surface area contributed by atoms with Crippen molar-refractivity contribution in [3.05, 3.63) is 29.8 Å². The van der Waals surface area contributed by atoms with E-state index in [4.69, 9.17) is 4.74 Å². The van der Waals surface area contributed by atoms with Crippen LogP contribution < -0.4 is 10.1 Å². The van der Waals surface area contributed by atoms with Crippen molar-refractivity contribution in [2.45, 2.75) is 52.5 Å². The SMILES string of the molecule is CCNC(Cc1cccc(OC)c1)C1CCCC1(C)C. The van der Waals surface area contributed by atoms with E-state index in [2.05, 4.69) is 44.3 Å². The van der Waals surface area contributed by atoms with Crippen molar-refractivity contribution in [1.82, 2.24) is 5.32 Å². The molecule has 1 aromatic carbocycles. The molecule has 1 aliphatic rings. The number of rotatable bonds is 6. The number of ether oxygens (including phenoxy) is 1. The Morgan fingerprint density at radius 1 is 1.40 bits per heavy atom. The Balaban J connectivity index is 2.12. The predicted octanol–water partition coefficient (Wildman–Crippen LogP) is 4.04. The molecule has 0 radical (unpaired) electrons. The van der Waals surface area contributed by atoms with Gasteiger partial charge in [-0.25, -0.2) is 0 Å². The van der Waals surface area contributed by atoms with Crippen LogP contribution in [0.4, 0.5) is 0 Å². The second-order valence-electron chi connectivity index (χ2n) is 6.71. The average Bonchev–Trinajstić information content (AvgIpc) is 2.78. The highest BCUT2D eigenvalue weighted by atomic mass is 16.5. The molecule has 0 aliphatic heterocycles. The summed E-state index contributed by atoms with van der Waals surface area (Å²) in [5.74, 6) is 1.73. The molecule has 1 N–H and O–H groups in total. The molecule has 0 saturated heterocycles. The first-order valence-electron chi connectivity index (χ1n) is 7.93. The summed E-state index contributed by atoms with van der Waals surface area (Å²) in [4.78, 5) is 0. The lowest BCUT2D eigenvalue weighted by Gasteiger charge is -2.35. The fourth-order valence-electron chi connectivity index (χ4n) is 3.77. The lowest BCUT2D eigenvalue weighted by atomic mass is 9.76. The van der Waals surface area contributed by atoms with Crippen LogP contribution in [0.3, 0.4) is 0 Å². The highest BCUT2D eigenvalue weighted by Gasteiger charge is 2.39. The number of hydrogen-bond acceptors (Lipinski definition) is 2. The molecule has 20 heavy (non-hydrogen) atoms. The molecular weight excluding hydrogens is 246 g/mol. The second kappa shape index (κ2) is 6.62. The zero-order chi connectivity index (χ0) is 14.6. The van der Waals surface area contributed by atoms with Gasteiger partial charge in [0.15, 0.2) is 0 Å². The quantitative estimate of drug-likeness (QED) is 0.846. The van der Waals surface area contributed by atoms with Gasteiger partial charge >= 0.3 is 0 Å². The van der Waals surface area contributed by atoms with Crippen LogP contribution in [0, 0.1) is 11.3 Å². The highest BCUT2D eigenvalue weighted by Crippen LogP contribution is 2.45. The molecular formula is C18H29NO. The monoisotopic (exact) mass is 275 g/mol. The lowest BCUT2D eigenvalue weighted by Crippen LogP contribution is -2.42. The molecule has 2 nitrogen and oxygen atoms in total. The minimum Gasteiger partial charge on any atom is -0.497 e. The molecule has 2 rings (SSSR count). The Morgan fingerprint density at radius 3 is 2.80 bits per heavy atom. The van der Waals surface area contributed by atoms with E-state index in [1.54, 1.807) is 7.11 Å². The van der Waals surface area contributed by atoms with Crippen molar-refractivity contribution in [3.8, 4) is 5.75 Å². The molecule has 2 atom stereocenters. The van der Waals surface area contributed by atoms with Crippen molar-refractivity contribution < 1.29 is 4.74 Å². The third kappa shape index (κ3) is 3.54. The largest absolute Gasteiger partial charge is 0.497 e. The van der Waals surface area contributed by atoms with Crippen LogP contribution in [-0.2, 0) is 6.42 Å². The summed E-state index contributed by atoms with van der Waals surface area (Å²) in [6.45, 7) is 8.11. The maximum Gasteiger partial charge on any atom is 0.119 e. The van der Waals surface area contributed by atoms with Crippen LogP contribution in [0.25, 0.3) is 0 Å². The van der Waals surface area contributed by atoms with Gasteiger partial charge in [0.25, 0.3) is 0 Å². The Hall–Kier alpha value is -1.02. The molecule has 0 heterocycles. The summed E-state index contributed by atoms with van der Waals surface area (Å²) >= 11 is 0. The Bertz CT molecular complexity index is 427. The van der Waals surface area contributed by atoms with Crippen molar-refractivity contribution in [3.63, 3.8) is 0 Å². The van der Waals surface area contributed by atoms with Crippen molar-refractivity contribution in [2.75, 3.05) is 13.7 Å². The molecule has 1 aliphatic carbocycles. The minimum atomic E-state index is 0.464. The van der Waals surface area contributed by atoms with Crippen molar-refractivity contribution >= 4 is 0 Å². The van der Waals surface area contributed by atoms with E-state index in [0.29, 0.717) is 11.5 Å². The zero-order valence-corrected chi connectivity index (χ0v) is 13.4. The molecule has 1 saturated carbocycles. The van der Waals surface area contributed by atoms with Gasteiger partial charge in [-0.05, 0) is 54.8 Å². The van der Waals surface area contributed by atoms with Gasteiger partial charge in [0.1, 0.15) is 5.75 Å². The highest BCUT2D eigenvalue weighted by molar-refractivity contribution is 5.29. The minimum absolute atomic E-state index is 0.464. The number of hydrogen-bond donors (Lipinski definition) is 1. The van der Waals surface area contributed by atoms with Gasteiger partial charge in [-0.1, -0.05) is 39.3 Å². The van der Waals surface area contributed by atoms with Gasteiger partial charge in [0.05, 0.1) is 7.11 Å². The van der Waals surface area contributed by atoms with E-state index >= 15 is 0 Å². The fourth-order valence-corrected chi connectivity index (χ4v) is 3.77. The standard InChI is InChI=1S/C18H29NO/c1-5-19-17(16-10-7-11-18(16,2)3)13-14-8-6-9-15(12-14)20-4/h6,8-9,12,16-17,19H,5,7,10-11,13H2,1-4H3. The molecule has 112 valence electrons. The Kier molecular flexibility index (Phi) is 5.09. The second-order valence-corrected chi connectivity index (χ2v) is 6.71. The first-order chi connectivity index (χ1) is 9.56. The maximum atomic E-state index is 5.34. The molecule has 0 spiro atoms. The fraction of sp³-hybridized carbons (Fsp3) is 0.667. The molecule has 1 fully saturated rings. The van der Waals surface area contributed by atoms with Gasteiger partial charge < -0.3 is 10.1 Å². The molecule has 2 heteroatoms. The molecule has 0 aromatic heterocycles. The van der Waals surface area contributed by atoms with Gasteiger partial charge in [0.2, 0.25) is 0 Å². The summed E-state index contributed by atoms with van der Waals surface area (Å²) in [5, 5.41) is 3.73. The Labute approximate surface area is 123 Å². The van der Waals surface area contributed by atoms with Gasteiger partial charge in [-0.3, -0.25) is 0 Å². The van der Waals surface area contributed by atoms with Crippen LogP contribution in [-0.4, -0.2) is 19.7 Å². The van der Waals surface area contributed by atoms with Crippen LogP contribution >= 0.6 is 0 Å². The van der Waals surface area contributed by atoms with Gasteiger partial charge in [-0.2, -0.15) is 0 Å². The summed E-state index contributed by atoms with van der Waals surface area (Å²) in [6, 6.07) is 9.08. The van der Waals surface area contributed by atoms with Crippen LogP contribution in [0.5, 0.6) is 5.75 Å². The van der Waals surface area contributed by atoms with Crippen LogP contribution in [0.1, 0.15) is 45.6 Å². The van der Waals surface area contributed by atoms with Crippen molar-refractivity contribution in [1.29, 1.82) is 0 Å². The van der Waals surface area contributed by atoms with Gasteiger partial charge in [-0.15, -0.1) is 0 Å². The van der Waals surface area contributed by atoms with E-state index in [9.17, 15) is 0 Å². The zero-order valence-electron chi connectivity index (χ0n) is 13.4. The number of nitrogens with one attached hydrogen (secondary N) is 1. The van der Waals surface area contributed by atoms with Gasteiger partial charge in [0, 0.05) is 6.04 Å². The number of benzene rings is 1. The maximum absolute atomic E-state index is 5.34. The number of methoxy groups -OCH3 is 1. The van der Waals surface area contributed by atoms with Crippen molar-refractivity contribution in [2.24, 2.45) is 11.3 Å². The number of likely N-dealkylation sites (N-methyl/N-ethyl adjacent to an activating group) is 1. The molecule has 1 aromatic rings. The smallest absolute Gasteiger partial charge is 0.119 e. The summed E-state index contributed by atoms with van der Waals surface area (Å²) in [7, 11) is 1.74. The average molecular weight is 275 g/mol. The van der Waals surface area contributed by atoms with E-state index in [1.807, 2.05) is 6.07 Å². The van der Waals surface area contributed by atoms with E-state index in [-0.39, 0.29) is 0 Å².